The molecule has 9 heteroatoms. The van der Waals surface area contributed by atoms with Crippen molar-refractivity contribution in [2.75, 3.05) is 6.61 Å². The van der Waals surface area contributed by atoms with E-state index in [-0.39, 0.29) is 25.1 Å². The van der Waals surface area contributed by atoms with E-state index >= 15 is 0 Å². The Bertz CT molecular complexity index is 660. The first-order chi connectivity index (χ1) is 11.7. The fraction of sp³-hybridized carbons (Fsp3) is 0.438. The molecule has 0 fully saturated rings. The zero-order valence-electron chi connectivity index (χ0n) is 13.9. The van der Waals surface area contributed by atoms with Crippen molar-refractivity contribution in [1.29, 1.82) is 0 Å². The number of non-ortho nitro benzene ring substituents is 1. The molecule has 0 unspecified atom stereocenters. The number of nitro groups is 1. The van der Waals surface area contributed by atoms with Crippen LogP contribution < -0.4 is 5.32 Å². The molecule has 0 heterocycles. The van der Waals surface area contributed by atoms with Crippen LogP contribution in [0.2, 0.25) is 0 Å². The van der Waals surface area contributed by atoms with Crippen LogP contribution in [0.5, 0.6) is 0 Å². The van der Waals surface area contributed by atoms with Crippen molar-refractivity contribution in [2.24, 2.45) is 5.92 Å². The second-order valence-electron chi connectivity index (χ2n) is 5.47. The van der Waals surface area contributed by atoms with E-state index in [9.17, 15) is 29.6 Å². The summed E-state index contributed by atoms with van der Waals surface area (Å²) in [5, 5.41) is 22.3. The first kappa shape index (κ1) is 20.1. The summed E-state index contributed by atoms with van der Waals surface area (Å²) >= 11 is 0. The monoisotopic (exact) mass is 352 g/mol. The second kappa shape index (κ2) is 9.36. The van der Waals surface area contributed by atoms with Gasteiger partial charge in [0.2, 0.25) is 5.91 Å². The summed E-state index contributed by atoms with van der Waals surface area (Å²) in [5.41, 5.74) is 0.227. The van der Waals surface area contributed by atoms with Crippen molar-refractivity contribution in [3.63, 3.8) is 0 Å². The molecule has 1 rings (SSSR count). The van der Waals surface area contributed by atoms with Crippen LogP contribution in [0.25, 0.3) is 0 Å². The lowest BCUT2D eigenvalue weighted by Crippen LogP contribution is -2.46. The Hall–Kier alpha value is -2.97. The number of carboxylic acids is 1. The quantitative estimate of drug-likeness (QED) is 0.388. The summed E-state index contributed by atoms with van der Waals surface area (Å²) in [4.78, 5) is 45.0. The first-order valence-electron chi connectivity index (χ1n) is 7.65. The van der Waals surface area contributed by atoms with Gasteiger partial charge in [0.05, 0.1) is 24.4 Å². The molecule has 0 spiro atoms. The normalized spacial score (nSPS) is 12.7. The fourth-order valence-corrected chi connectivity index (χ4v) is 2.24. The summed E-state index contributed by atoms with van der Waals surface area (Å²) in [6, 6.07) is 4.25. The van der Waals surface area contributed by atoms with Gasteiger partial charge in [0.1, 0.15) is 6.04 Å². The average molecular weight is 352 g/mol. The topological polar surface area (TPSA) is 136 Å². The second-order valence-corrected chi connectivity index (χ2v) is 5.47. The van der Waals surface area contributed by atoms with Crippen molar-refractivity contribution in [3.8, 4) is 0 Å². The van der Waals surface area contributed by atoms with E-state index in [0.717, 1.165) is 0 Å². The molecule has 136 valence electrons. The lowest BCUT2D eigenvalue weighted by Gasteiger charge is -2.20. The number of nitrogens with zero attached hydrogens (tertiary/aromatic N) is 1. The van der Waals surface area contributed by atoms with Crippen LogP contribution in [-0.2, 0) is 25.5 Å². The van der Waals surface area contributed by atoms with Gasteiger partial charge in [-0.05, 0) is 18.4 Å². The van der Waals surface area contributed by atoms with Crippen molar-refractivity contribution in [1.82, 2.24) is 5.32 Å². The third kappa shape index (κ3) is 6.58. The number of carboxylic acid groups (broad SMARTS) is 1. The highest BCUT2D eigenvalue weighted by Crippen LogP contribution is 2.14. The Morgan fingerprint density at radius 2 is 2.04 bits per heavy atom. The number of hydrogen-bond donors (Lipinski definition) is 2. The van der Waals surface area contributed by atoms with E-state index in [1.54, 1.807) is 6.92 Å². The van der Waals surface area contributed by atoms with Crippen molar-refractivity contribution < 1.29 is 29.2 Å². The van der Waals surface area contributed by atoms with Crippen molar-refractivity contribution >= 4 is 23.5 Å². The number of ether oxygens (including phenoxy) is 1. The zero-order valence-corrected chi connectivity index (χ0v) is 13.9. The van der Waals surface area contributed by atoms with Gasteiger partial charge in [-0.2, -0.15) is 0 Å². The number of nitrogens with one attached hydrogen (secondary N) is 1. The van der Waals surface area contributed by atoms with Crippen LogP contribution in [0.15, 0.2) is 24.3 Å². The molecule has 0 bridgehead atoms. The minimum atomic E-state index is -1.27. The molecule has 0 aromatic heterocycles. The highest BCUT2D eigenvalue weighted by Gasteiger charge is 2.28. The van der Waals surface area contributed by atoms with Crippen LogP contribution in [0, 0.1) is 16.0 Å². The van der Waals surface area contributed by atoms with E-state index in [1.165, 1.54) is 31.2 Å². The van der Waals surface area contributed by atoms with Gasteiger partial charge in [-0.1, -0.05) is 19.1 Å². The summed E-state index contributed by atoms with van der Waals surface area (Å²) < 4.78 is 4.77. The molecule has 0 saturated heterocycles. The van der Waals surface area contributed by atoms with Gasteiger partial charge in [-0.15, -0.1) is 0 Å². The number of amides is 1. The maximum atomic E-state index is 12.1. The SMILES string of the molecule is CCOC(=O)C[C@@H](C)[C@H](NC(=O)Cc1cccc([N+](=O)[O-])c1)C(=O)O. The molecule has 25 heavy (non-hydrogen) atoms. The third-order valence-corrected chi connectivity index (χ3v) is 3.43. The molecular weight excluding hydrogens is 332 g/mol. The molecule has 1 amide bonds. The van der Waals surface area contributed by atoms with E-state index < -0.39 is 34.7 Å². The van der Waals surface area contributed by atoms with Crippen LogP contribution in [-0.4, -0.2) is 40.5 Å². The van der Waals surface area contributed by atoms with Crippen LogP contribution >= 0.6 is 0 Å². The van der Waals surface area contributed by atoms with Crippen molar-refractivity contribution in [2.45, 2.75) is 32.7 Å². The van der Waals surface area contributed by atoms with Gasteiger partial charge in [-0.3, -0.25) is 19.7 Å². The van der Waals surface area contributed by atoms with Crippen LogP contribution in [0.4, 0.5) is 5.69 Å². The number of carbonyl (C=O) groups is 3. The summed E-state index contributed by atoms with van der Waals surface area (Å²) in [6.45, 7) is 3.34. The number of hydrogen-bond acceptors (Lipinski definition) is 6. The van der Waals surface area contributed by atoms with Crippen LogP contribution in [0.3, 0.4) is 0 Å². The molecule has 0 radical (unpaired) electrons. The molecule has 0 aliphatic rings. The molecule has 2 atom stereocenters. The predicted molar refractivity (Wildman–Crippen MR) is 86.8 cm³/mol. The van der Waals surface area contributed by atoms with E-state index in [1.807, 2.05) is 0 Å². The minimum absolute atomic E-state index is 0.151. The standard InChI is InChI=1S/C16H20N2O7/c1-3-25-14(20)7-10(2)15(16(21)22)17-13(19)9-11-5-4-6-12(8-11)18(23)24/h4-6,8,10,15H,3,7,9H2,1-2H3,(H,17,19)(H,21,22)/t10-,15+/m1/s1. The molecule has 2 N–H and O–H groups in total. The van der Waals surface area contributed by atoms with Gasteiger partial charge < -0.3 is 15.2 Å². The smallest absolute Gasteiger partial charge is 0.326 e. The predicted octanol–water partition coefficient (Wildman–Crippen LogP) is 1.30. The number of benzene rings is 1. The van der Waals surface area contributed by atoms with Gasteiger partial charge in [0.15, 0.2) is 0 Å². The lowest BCUT2D eigenvalue weighted by molar-refractivity contribution is -0.384. The maximum absolute atomic E-state index is 12.1. The Labute approximate surface area is 144 Å². The summed E-state index contributed by atoms with van der Waals surface area (Å²) in [6.07, 6.45) is -0.362. The number of nitro benzene ring substituents is 1. The van der Waals surface area contributed by atoms with E-state index in [4.69, 9.17) is 4.74 Å². The Balaban J connectivity index is 2.73. The summed E-state index contributed by atoms with van der Waals surface area (Å²) in [5.74, 6) is -3.10. The Morgan fingerprint density at radius 3 is 2.60 bits per heavy atom. The highest BCUT2D eigenvalue weighted by molar-refractivity contribution is 5.85. The molecule has 1 aromatic carbocycles. The van der Waals surface area contributed by atoms with E-state index in [2.05, 4.69) is 5.32 Å². The number of carbonyl (C=O) groups excluding carboxylic acids is 2. The van der Waals surface area contributed by atoms with Gasteiger partial charge in [0, 0.05) is 12.1 Å². The Kier molecular flexibility index (Phi) is 7.51. The van der Waals surface area contributed by atoms with Crippen LogP contribution in [0.1, 0.15) is 25.8 Å². The number of esters is 1. The molecule has 0 aliphatic heterocycles. The zero-order chi connectivity index (χ0) is 19.0. The number of rotatable bonds is 9. The van der Waals surface area contributed by atoms with Gasteiger partial charge in [-0.25, -0.2) is 4.79 Å². The maximum Gasteiger partial charge on any atom is 0.326 e. The molecule has 0 saturated carbocycles. The first-order valence-corrected chi connectivity index (χ1v) is 7.65. The minimum Gasteiger partial charge on any atom is -0.480 e. The van der Waals surface area contributed by atoms with Gasteiger partial charge in [0.25, 0.3) is 5.69 Å². The molecule has 9 nitrogen and oxygen atoms in total. The molecular formula is C16H20N2O7. The molecule has 1 aromatic rings. The summed E-state index contributed by atoms with van der Waals surface area (Å²) in [7, 11) is 0. The largest absolute Gasteiger partial charge is 0.480 e. The van der Waals surface area contributed by atoms with Crippen molar-refractivity contribution in [3.05, 3.63) is 39.9 Å². The van der Waals surface area contributed by atoms with Gasteiger partial charge >= 0.3 is 11.9 Å². The Morgan fingerprint density at radius 1 is 1.36 bits per heavy atom. The average Bonchev–Trinajstić information content (AvgIpc) is 2.52. The third-order valence-electron chi connectivity index (χ3n) is 3.43. The number of aliphatic carboxylic acids is 1. The highest BCUT2D eigenvalue weighted by atomic mass is 16.6. The van der Waals surface area contributed by atoms with E-state index in [0.29, 0.717) is 5.56 Å². The molecule has 0 aliphatic carbocycles. The lowest BCUT2D eigenvalue weighted by atomic mass is 9.98. The fourth-order valence-electron chi connectivity index (χ4n) is 2.24.